The molecule has 9 heteroatoms. The van der Waals surface area contributed by atoms with Gasteiger partial charge in [0.15, 0.2) is 5.75 Å². The number of carbonyl (C=O) groups excluding carboxylic acids is 1. The van der Waals surface area contributed by atoms with Crippen LogP contribution in [0.15, 0.2) is 30.3 Å². The van der Waals surface area contributed by atoms with Crippen LogP contribution in [-0.2, 0) is 4.79 Å². The first-order valence-electron chi connectivity index (χ1n) is 7.35. The molecule has 2 aromatic carbocycles. The molecule has 0 saturated heterocycles. The second-order valence-electron chi connectivity index (χ2n) is 5.08. The Balaban J connectivity index is 1.99. The molecule has 0 unspecified atom stereocenters. The average molecular weight is 402 g/mol. The molecule has 0 bridgehead atoms. The summed E-state index contributed by atoms with van der Waals surface area (Å²) in [6.07, 6.45) is 0. The summed E-state index contributed by atoms with van der Waals surface area (Å²) in [5.74, 6) is -2.30. The van der Waals surface area contributed by atoms with Gasteiger partial charge in [-0.15, -0.1) is 0 Å². The normalized spacial score (nSPS) is 10.3. The van der Waals surface area contributed by atoms with E-state index in [1.54, 1.807) is 6.07 Å². The highest BCUT2D eigenvalue weighted by Gasteiger charge is 2.14. The van der Waals surface area contributed by atoms with E-state index in [1.165, 1.54) is 19.1 Å². The van der Waals surface area contributed by atoms with E-state index in [9.17, 15) is 19.1 Å². The van der Waals surface area contributed by atoms with Crippen LogP contribution in [0.25, 0.3) is 0 Å². The fourth-order valence-electron chi connectivity index (χ4n) is 2.07. The van der Waals surface area contributed by atoms with Crippen LogP contribution in [0.5, 0.6) is 11.5 Å². The van der Waals surface area contributed by atoms with Crippen LogP contribution in [0.2, 0.25) is 10.0 Å². The maximum absolute atomic E-state index is 13.1. The quantitative estimate of drug-likeness (QED) is 0.409. The number of nitrogens with one attached hydrogen (secondary N) is 1. The Morgan fingerprint density at radius 2 is 1.85 bits per heavy atom. The van der Waals surface area contributed by atoms with Crippen LogP contribution in [0.3, 0.4) is 0 Å². The highest BCUT2D eigenvalue weighted by atomic mass is 35.5. The summed E-state index contributed by atoms with van der Waals surface area (Å²) in [6.45, 7) is 1.61. The summed E-state index contributed by atoms with van der Waals surface area (Å²) in [6, 6.07) is 6.44. The van der Waals surface area contributed by atoms with Crippen LogP contribution < -0.4 is 14.8 Å². The van der Waals surface area contributed by atoms with Crippen molar-refractivity contribution in [2.45, 2.75) is 6.92 Å². The maximum atomic E-state index is 13.1. The SMILES string of the molecule is CC(=O)Oc1ccc(NCCOc2c(Cl)cc(F)cc2Cl)cc1C(=O)O. The smallest absolute Gasteiger partial charge is 0.339 e. The second kappa shape index (κ2) is 8.73. The molecule has 0 heterocycles. The predicted octanol–water partition coefficient (Wildman–Crippen LogP) is 4.25. The molecular formula is C17H14Cl2FNO5. The number of hydrogen-bond acceptors (Lipinski definition) is 5. The lowest BCUT2D eigenvalue weighted by molar-refractivity contribution is -0.131. The molecule has 2 aromatic rings. The van der Waals surface area contributed by atoms with Gasteiger partial charge in [-0.25, -0.2) is 9.18 Å². The van der Waals surface area contributed by atoms with E-state index in [4.69, 9.17) is 32.7 Å². The molecule has 0 fully saturated rings. The lowest BCUT2D eigenvalue weighted by atomic mass is 10.1. The lowest BCUT2D eigenvalue weighted by Gasteiger charge is -2.12. The van der Waals surface area contributed by atoms with Gasteiger partial charge in [-0.2, -0.15) is 0 Å². The molecule has 0 radical (unpaired) electrons. The zero-order valence-corrected chi connectivity index (χ0v) is 15.0. The summed E-state index contributed by atoms with van der Waals surface area (Å²) in [7, 11) is 0. The van der Waals surface area contributed by atoms with Crippen LogP contribution in [0.1, 0.15) is 17.3 Å². The van der Waals surface area contributed by atoms with Crippen molar-refractivity contribution in [3.8, 4) is 11.5 Å². The Morgan fingerprint density at radius 1 is 1.19 bits per heavy atom. The van der Waals surface area contributed by atoms with Crippen molar-refractivity contribution in [3.63, 3.8) is 0 Å². The summed E-state index contributed by atoms with van der Waals surface area (Å²) in [5.41, 5.74) is 0.328. The number of anilines is 1. The Morgan fingerprint density at radius 3 is 2.42 bits per heavy atom. The van der Waals surface area contributed by atoms with E-state index in [-0.39, 0.29) is 40.3 Å². The third-order valence-corrected chi connectivity index (χ3v) is 3.67. The van der Waals surface area contributed by atoms with Crippen molar-refractivity contribution < 1.29 is 28.6 Å². The Kier molecular flexibility index (Phi) is 6.65. The van der Waals surface area contributed by atoms with Gasteiger partial charge in [-0.1, -0.05) is 23.2 Å². The van der Waals surface area contributed by atoms with Crippen LogP contribution >= 0.6 is 23.2 Å². The summed E-state index contributed by atoms with van der Waals surface area (Å²) >= 11 is 11.7. The van der Waals surface area contributed by atoms with Crippen LogP contribution in [0.4, 0.5) is 10.1 Å². The molecule has 6 nitrogen and oxygen atoms in total. The number of carbonyl (C=O) groups is 2. The Bertz CT molecular complexity index is 821. The molecule has 0 aliphatic heterocycles. The summed E-state index contributed by atoms with van der Waals surface area (Å²) < 4.78 is 23.4. The zero-order valence-electron chi connectivity index (χ0n) is 13.5. The first-order valence-corrected chi connectivity index (χ1v) is 8.10. The highest BCUT2D eigenvalue weighted by molar-refractivity contribution is 6.37. The monoisotopic (exact) mass is 401 g/mol. The number of esters is 1. The van der Waals surface area contributed by atoms with Gasteiger partial charge in [0.25, 0.3) is 0 Å². The molecule has 0 saturated carbocycles. The second-order valence-corrected chi connectivity index (χ2v) is 5.90. The van der Waals surface area contributed by atoms with Gasteiger partial charge in [-0.05, 0) is 30.3 Å². The highest BCUT2D eigenvalue weighted by Crippen LogP contribution is 2.33. The average Bonchev–Trinajstić information content (AvgIpc) is 2.53. The Hall–Kier alpha value is -2.51. The van der Waals surface area contributed by atoms with Gasteiger partial charge >= 0.3 is 11.9 Å². The van der Waals surface area contributed by atoms with Gasteiger partial charge < -0.3 is 19.9 Å². The molecule has 2 rings (SSSR count). The topological polar surface area (TPSA) is 84.9 Å². The third kappa shape index (κ3) is 5.24. The molecule has 0 aliphatic rings. The number of carboxylic acid groups (broad SMARTS) is 1. The number of halogens is 3. The van der Waals surface area contributed by atoms with Gasteiger partial charge in [-0.3, -0.25) is 4.79 Å². The molecule has 138 valence electrons. The van der Waals surface area contributed by atoms with Gasteiger partial charge in [0, 0.05) is 19.2 Å². The van der Waals surface area contributed by atoms with E-state index in [1.807, 2.05) is 0 Å². The first-order chi connectivity index (χ1) is 12.3. The zero-order chi connectivity index (χ0) is 19.3. The number of ether oxygens (including phenoxy) is 2. The van der Waals surface area contributed by atoms with Crippen molar-refractivity contribution in [2.24, 2.45) is 0 Å². The van der Waals surface area contributed by atoms with Crippen molar-refractivity contribution >= 4 is 40.8 Å². The molecule has 0 spiro atoms. The van der Waals surface area contributed by atoms with Gasteiger partial charge in [0.2, 0.25) is 0 Å². The van der Waals surface area contributed by atoms with Crippen molar-refractivity contribution in [2.75, 3.05) is 18.5 Å². The summed E-state index contributed by atoms with van der Waals surface area (Å²) in [4.78, 5) is 22.3. The number of benzene rings is 2. The number of aromatic carboxylic acids is 1. The number of rotatable bonds is 7. The predicted molar refractivity (Wildman–Crippen MR) is 95.1 cm³/mol. The Labute approximate surface area is 158 Å². The van der Waals surface area contributed by atoms with Crippen LogP contribution in [-0.4, -0.2) is 30.2 Å². The maximum Gasteiger partial charge on any atom is 0.339 e. The molecule has 2 N–H and O–H groups in total. The molecular weight excluding hydrogens is 388 g/mol. The number of carboxylic acids is 1. The fraction of sp³-hybridized carbons (Fsp3) is 0.176. The largest absolute Gasteiger partial charge is 0.489 e. The molecule has 0 atom stereocenters. The van der Waals surface area contributed by atoms with E-state index in [2.05, 4.69) is 5.32 Å². The van der Waals surface area contributed by atoms with Crippen LogP contribution in [0, 0.1) is 5.82 Å². The molecule has 0 amide bonds. The van der Waals surface area contributed by atoms with Gasteiger partial charge in [0.1, 0.15) is 23.7 Å². The van der Waals surface area contributed by atoms with E-state index >= 15 is 0 Å². The lowest BCUT2D eigenvalue weighted by Crippen LogP contribution is -2.13. The minimum atomic E-state index is -1.23. The summed E-state index contributed by atoms with van der Waals surface area (Å²) in [5, 5.41) is 12.3. The molecule has 0 aromatic heterocycles. The molecule has 26 heavy (non-hydrogen) atoms. The first kappa shape index (κ1) is 19.8. The third-order valence-electron chi connectivity index (χ3n) is 3.10. The molecule has 0 aliphatic carbocycles. The van der Waals surface area contributed by atoms with E-state index < -0.39 is 17.8 Å². The fourth-order valence-corrected chi connectivity index (χ4v) is 2.64. The van der Waals surface area contributed by atoms with Crippen molar-refractivity contribution in [3.05, 3.63) is 51.8 Å². The standard InChI is InChI=1S/C17H14Cl2FNO5/c1-9(22)26-15-3-2-11(8-12(15)17(23)24)21-4-5-25-16-13(18)6-10(20)7-14(16)19/h2-3,6-8,21H,4-5H2,1H3,(H,23,24). The van der Waals surface area contributed by atoms with Crippen molar-refractivity contribution in [1.82, 2.24) is 0 Å². The van der Waals surface area contributed by atoms with Crippen molar-refractivity contribution in [1.29, 1.82) is 0 Å². The van der Waals surface area contributed by atoms with E-state index in [0.29, 0.717) is 5.69 Å². The van der Waals surface area contributed by atoms with Gasteiger partial charge in [0.05, 0.1) is 10.0 Å². The number of hydrogen-bond donors (Lipinski definition) is 2. The minimum Gasteiger partial charge on any atom is -0.489 e. The minimum absolute atomic E-state index is 0.0447. The van der Waals surface area contributed by atoms with E-state index in [0.717, 1.165) is 12.1 Å².